The van der Waals surface area contributed by atoms with E-state index < -0.39 is 10.7 Å². The van der Waals surface area contributed by atoms with Crippen molar-refractivity contribution < 1.29 is 9.31 Å². The maximum Gasteiger partial charge on any atom is 0.294 e. The topological polar surface area (TPSA) is 55.2 Å². The number of nitro benzene ring substituents is 1. The van der Waals surface area contributed by atoms with E-state index in [1.54, 1.807) is 0 Å². The number of halogens is 2. The first-order valence-electron chi connectivity index (χ1n) is 5.71. The highest BCUT2D eigenvalue weighted by Gasteiger charge is 2.19. The van der Waals surface area contributed by atoms with E-state index in [-0.39, 0.29) is 22.4 Å². The first kappa shape index (κ1) is 14.7. The quantitative estimate of drug-likeness (QED) is 0.645. The van der Waals surface area contributed by atoms with Crippen molar-refractivity contribution in [3.05, 3.63) is 33.1 Å². The lowest BCUT2D eigenvalue weighted by atomic mass is 10.0. The first-order chi connectivity index (χ1) is 8.31. The smallest absolute Gasteiger partial charge is 0.294 e. The van der Waals surface area contributed by atoms with Crippen LogP contribution in [0, 0.1) is 21.8 Å². The van der Waals surface area contributed by atoms with Crippen LogP contribution in [0.4, 0.5) is 15.8 Å². The van der Waals surface area contributed by atoms with E-state index in [1.807, 2.05) is 6.92 Å². The van der Waals surface area contributed by atoms with E-state index in [1.165, 1.54) is 0 Å². The van der Waals surface area contributed by atoms with Crippen molar-refractivity contribution in [3.63, 3.8) is 0 Å². The Bertz CT molecular complexity index is 452. The average molecular weight is 275 g/mol. The number of nitrogens with zero attached hydrogens (tertiary/aromatic N) is 1. The lowest BCUT2D eigenvalue weighted by Gasteiger charge is -2.17. The standard InChI is InChI=1S/C12H16ClFN2O2/c1-7(2)4-8(3)15-11-6-10(14)9(13)5-12(11)16(17)18/h5-8,15H,4H2,1-3H3. The van der Waals surface area contributed by atoms with Gasteiger partial charge in [0.25, 0.3) is 5.69 Å². The fourth-order valence-electron chi connectivity index (χ4n) is 1.83. The molecule has 0 saturated heterocycles. The Balaban J connectivity index is 3.00. The molecule has 6 heteroatoms. The molecular formula is C12H16ClFN2O2. The van der Waals surface area contributed by atoms with Gasteiger partial charge >= 0.3 is 0 Å². The van der Waals surface area contributed by atoms with Crippen LogP contribution in [0.5, 0.6) is 0 Å². The Hall–Kier alpha value is -1.36. The summed E-state index contributed by atoms with van der Waals surface area (Å²) in [5.74, 6) is -0.217. The molecule has 0 spiro atoms. The van der Waals surface area contributed by atoms with Gasteiger partial charge in [-0.05, 0) is 19.3 Å². The summed E-state index contributed by atoms with van der Waals surface area (Å²) < 4.78 is 13.3. The number of nitro groups is 1. The van der Waals surface area contributed by atoms with Crippen molar-refractivity contribution >= 4 is 23.0 Å². The molecule has 0 heterocycles. The predicted molar refractivity (Wildman–Crippen MR) is 70.6 cm³/mol. The molecule has 0 aliphatic rings. The van der Waals surface area contributed by atoms with Crippen LogP contribution in [0.3, 0.4) is 0 Å². The fraction of sp³-hybridized carbons (Fsp3) is 0.500. The summed E-state index contributed by atoms with van der Waals surface area (Å²) in [6.45, 7) is 6.00. The minimum absolute atomic E-state index is 0.0178. The number of benzene rings is 1. The molecule has 4 nitrogen and oxygen atoms in total. The third-order valence-corrected chi connectivity index (χ3v) is 2.75. The van der Waals surface area contributed by atoms with E-state index in [2.05, 4.69) is 19.2 Å². The van der Waals surface area contributed by atoms with Crippen LogP contribution in [0.25, 0.3) is 0 Å². The summed E-state index contributed by atoms with van der Waals surface area (Å²) in [7, 11) is 0. The highest BCUT2D eigenvalue weighted by molar-refractivity contribution is 6.31. The number of anilines is 1. The molecule has 100 valence electrons. The molecule has 1 N–H and O–H groups in total. The maximum absolute atomic E-state index is 13.3. The molecule has 0 fully saturated rings. The molecular weight excluding hydrogens is 259 g/mol. The molecule has 0 radical (unpaired) electrons. The van der Waals surface area contributed by atoms with Gasteiger partial charge in [0.2, 0.25) is 0 Å². The largest absolute Gasteiger partial charge is 0.377 e. The van der Waals surface area contributed by atoms with Gasteiger partial charge in [0.05, 0.1) is 9.95 Å². The molecule has 18 heavy (non-hydrogen) atoms. The highest BCUT2D eigenvalue weighted by atomic mass is 35.5. The van der Waals surface area contributed by atoms with Crippen molar-refractivity contribution in [1.82, 2.24) is 0 Å². The summed E-state index contributed by atoms with van der Waals surface area (Å²) in [5, 5.41) is 13.6. The van der Waals surface area contributed by atoms with E-state index >= 15 is 0 Å². The minimum atomic E-state index is -0.665. The SMILES string of the molecule is CC(C)CC(C)Nc1cc(F)c(Cl)cc1[N+](=O)[O-]. The van der Waals surface area contributed by atoms with Gasteiger partial charge in [-0.3, -0.25) is 10.1 Å². The molecule has 0 aliphatic heterocycles. The molecule has 0 amide bonds. The van der Waals surface area contributed by atoms with Gasteiger partial charge in [-0.25, -0.2) is 4.39 Å². The lowest BCUT2D eigenvalue weighted by molar-refractivity contribution is -0.384. The van der Waals surface area contributed by atoms with Crippen LogP contribution >= 0.6 is 11.6 Å². The van der Waals surface area contributed by atoms with Crippen LogP contribution in [0.2, 0.25) is 5.02 Å². The number of nitrogens with one attached hydrogen (secondary N) is 1. The summed E-state index contributed by atoms with van der Waals surface area (Å²) in [6.07, 6.45) is 0.835. The van der Waals surface area contributed by atoms with Gasteiger partial charge in [-0.1, -0.05) is 25.4 Å². The highest BCUT2D eigenvalue weighted by Crippen LogP contribution is 2.31. The fourth-order valence-corrected chi connectivity index (χ4v) is 1.99. The first-order valence-corrected chi connectivity index (χ1v) is 6.09. The van der Waals surface area contributed by atoms with Gasteiger partial charge in [-0.15, -0.1) is 0 Å². The number of hydrogen-bond donors (Lipinski definition) is 1. The van der Waals surface area contributed by atoms with Crippen molar-refractivity contribution in [3.8, 4) is 0 Å². The zero-order chi connectivity index (χ0) is 13.9. The van der Waals surface area contributed by atoms with Gasteiger partial charge in [-0.2, -0.15) is 0 Å². The molecule has 1 aromatic carbocycles. The van der Waals surface area contributed by atoms with Gasteiger partial charge in [0.15, 0.2) is 0 Å². The molecule has 0 bridgehead atoms. The molecule has 1 unspecified atom stereocenters. The Morgan fingerprint density at radius 2 is 2.06 bits per heavy atom. The van der Waals surface area contributed by atoms with Crippen LogP contribution < -0.4 is 5.32 Å². The normalized spacial score (nSPS) is 12.6. The molecule has 0 saturated carbocycles. The summed E-state index contributed by atoms with van der Waals surface area (Å²) in [6, 6.07) is 2.11. The van der Waals surface area contributed by atoms with E-state index in [0.717, 1.165) is 18.6 Å². The van der Waals surface area contributed by atoms with Gasteiger partial charge < -0.3 is 5.32 Å². The van der Waals surface area contributed by atoms with Crippen LogP contribution in [0.1, 0.15) is 27.2 Å². The lowest BCUT2D eigenvalue weighted by Crippen LogP contribution is -2.18. The molecule has 1 rings (SSSR count). The average Bonchev–Trinajstić information content (AvgIpc) is 2.21. The second-order valence-corrected chi connectivity index (χ2v) is 5.12. The van der Waals surface area contributed by atoms with Crippen molar-refractivity contribution in [2.24, 2.45) is 5.92 Å². The monoisotopic (exact) mass is 274 g/mol. The Morgan fingerprint density at radius 1 is 1.44 bits per heavy atom. The summed E-state index contributed by atoms with van der Waals surface area (Å²) in [5.41, 5.74) is -0.0490. The van der Waals surface area contributed by atoms with Gasteiger partial charge in [0.1, 0.15) is 11.5 Å². The predicted octanol–water partition coefficient (Wildman–Crippen LogP) is 4.23. The van der Waals surface area contributed by atoms with Crippen molar-refractivity contribution in [2.75, 3.05) is 5.32 Å². The number of hydrogen-bond acceptors (Lipinski definition) is 3. The molecule has 0 aromatic heterocycles. The van der Waals surface area contributed by atoms with Crippen molar-refractivity contribution in [2.45, 2.75) is 33.2 Å². The third-order valence-electron chi connectivity index (χ3n) is 2.46. The molecule has 1 aromatic rings. The summed E-state index contributed by atoms with van der Waals surface area (Å²) in [4.78, 5) is 10.3. The van der Waals surface area contributed by atoms with E-state index in [4.69, 9.17) is 11.6 Å². The van der Waals surface area contributed by atoms with E-state index in [9.17, 15) is 14.5 Å². The Morgan fingerprint density at radius 3 is 2.56 bits per heavy atom. The van der Waals surface area contributed by atoms with Crippen LogP contribution in [-0.4, -0.2) is 11.0 Å². The zero-order valence-corrected chi connectivity index (χ0v) is 11.3. The maximum atomic E-state index is 13.3. The summed E-state index contributed by atoms with van der Waals surface area (Å²) >= 11 is 5.54. The minimum Gasteiger partial charge on any atom is -0.377 e. The van der Waals surface area contributed by atoms with Crippen LogP contribution in [-0.2, 0) is 0 Å². The van der Waals surface area contributed by atoms with Crippen LogP contribution in [0.15, 0.2) is 12.1 Å². The second kappa shape index (κ2) is 6.00. The Labute approximate surface area is 110 Å². The molecule has 1 atom stereocenters. The zero-order valence-electron chi connectivity index (χ0n) is 10.5. The Kier molecular flexibility index (Phi) is 4.90. The van der Waals surface area contributed by atoms with E-state index in [0.29, 0.717) is 5.92 Å². The van der Waals surface area contributed by atoms with Gasteiger partial charge in [0, 0.05) is 18.2 Å². The number of rotatable bonds is 5. The van der Waals surface area contributed by atoms with Crippen molar-refractivity contribution in [1.29, 1.82) is 0 Å². The third kappa shape index (κ3) is 3.84. The second-order valence-electron chi connectivity index (χ2n) is 4.72. The molecule has 0 aliphatic carbocycles.